The predicted molar refractivity (Wildman–Crippen MR) is 75.8 cm³/mol. The van der Waals surface area contributed by atoms with Crippen molar-refractivity contribution < 1.29 is 0 Å². The number of pyridine rings is 1. The van der Waals surface area contributed by atoms with Crippen LogP contribution in [0.3, 0.4) is 0 Å². The molecule has 94 valence electrons. The standard InChI is InChI=1S/C16H20N2/c1-16(8-6-13(10-16)17-2)15-5-3-4-12-11-18-9-7-14(12)15/h3-5,7,9,11,13,17H,6,8,10H2,1-2H3. The second-order valence-electron chi connectivity index (χ2n) is 5.69. The summed E-state index contributed by atoms with van der Waals surface area (Å²) in [5.41, 5.74) is 1.79. The van der Waals surface area contributed by atoms with Gasteiger partial charge in [-0.1, -0.05) is 25.1 Å². The predicted octanol–water partition coefficient (Wildman–Crippen LogP) is 3.26. The molecule has 1 N–H and O–H groups in total. The van der Waals surface area contributed by atoms with Gasteiger partial charge in [-0.2, -0.15) is 0 Å². The number of nitrogens with one attached hydrogen (secondary N) is 1. The molecule has 1 aliphatic carbocycles. The molecule has 1 saturated carbocycles. The van der Waals surface area contributed by atoms with Crippen molar-refractivity contribution in [3.05, 3.63) is 42.2 Å². The van der Waals surface area contributed by atoms with E-state index >= 15 is 0 Å². The molecule has 0 saturated heterocycles. The van der Waals surface area contributed by atoms with Gasteiger partial charge < -0.3 is 5.32 Å². The molecule has 2 unspecified atom stereocenters. The Balaban J connectivity index is 2.09. The number of nitrogens with zero attached hydrogens (tertiary/aromatic N) is 1. The van der Waals surface area contributed by atoms with Gasteiger partial charge in [0.05, 0.1) is 0 Å². The van der Waals surface area contributed by atoms with Gasteiger partial charge in [0.15, 0.2) is 0 Å². The molecule has 2 atom stereocenters. The summed E-state index contributed by atoms with van der Waals surface area (Å²) >= 11 is 0. The summed E-state index contributed by atoms with van der Waals surface area (Å²) in [7, 11) is 2.07. The second kappa shape index (κ2) is 4.36. The topological polar surface area (TPSA) is 24.9 Å². The highest BCUT2D eigenvalue weighted by Gasteiger charge is 2.36. The maximum absolute atomic E-state index is 4.22. The Morgan fingerprint density at radius 2 is 2.22 bits per heavy atom. The maximum atomic E-state index is 4.22. The molecule has 0 radical (unpaired) electrons. The Bertz CT molecular complexity index is 559. The van der Waals surface area contributed by atoms with Crippen molar-refractivity contribution in [1.29, 1.82) is 0 Å². The molecule has 2 nitrogen and oxygen atoms in total. The molecule has 3 rings (SSSR count). The van der Waals surface area contributed by atoms with Gasteiger partial charge in [-0.05, 0) is 48.7 Å². The molecular weight excluding hydrogens is 220 g/mol. The van der Waals surface area contributed by atoms with Gasteiger partial charge in [0.1, 0.15) is 0 Å². The summed E-state index contributed by atoms with van der Waals surface area (Å²) < 4.78 is 0. The first-order valence-corrected chi connectivity index (χ1v) is 6.73. The van der Waals surface area contributed by atoms with Crippen LogP contribution in [0.15, 0.2) is 36.7 Å². The van der Waals surface area contributed by atoms with E-state index in [1.807, 2.05) is 12.4 Å². The molecular formula is C16H20N2. The van der Waals surface area contributed by atoms with E-state index in [0.29, 0.717) is 11.5 Å². The Kier molecular flexibility index (Phi) is 2.83. The second-order valence-corrected chi connectivity index (χ2v) is 5.69. The van der Waals surface area contributed by atoms with E-state index in [0.717, 1.165) is 0 Å². The van der Waals surface area contributed by atoms with Crippen LogP contribution in [0.1, 0.15) is 31.7 Å². The van der Waals surface area contributed by atoms with Crippen LogP contribution in [-0.4, -0.2) is 18.1 Å². The number of aromatic nitrogens is 1. The zero-order chi connectivity index (χ0) is 12.6. The van der Waals surface area contributed by atoms with E-state index in [-0.39, 0.29) is 0 Å². The Morgan fingerprint density at radius 3 is 3.00 bits per heavy atom. The third kappa shape index (κ3) is 1.81. The van der Waals surface area contributed by atoms with Crippen LogP contribution in [0.4, 0.5) is 0 Å². The summed E-state index contributed by atoms with van der Waals surface area (Å²) in [4.78, 5) is 4.22. The van der Waals surface area contributed by atoms with Gasteiger partial charge in [0.2, 0.25) is 0 Å². The molecule has 2 heteroatoms. The lowest BCUT2D eigenvalue weighted by atomic mass is 9.78. The van der Waals surface area contributed by atoms with Crippen molar-refractivity contribution in [1.82, 2.24) is 10.3 Å². The molecule has 0 spiro atoms. The number of benzene rings is 1. The minimum atomic E-state index is 0.300. The first-order valence-electron chi connectivity index (χ1n) is 6.73. The minimum absolute atomic E-state index is 0.300. The van der Waals surface area contributed by atoms with Gasteiger partial charge in [0, 0.05) is 23.8 Å². The van der Waals surface area contributed by atoms with Crippen LogP contribution in [0.5, 0.6) is 0 Å². The van der Waals surface area contributed by atoms with E-state index in [9.17, 15) is 0 Å². The summed E-state index contributed by atoms with van der Waals surface area (Å²) in [6, 6.07) is 9.42. The molecule has 1 aliphatic rings. The van der Waals surface area contributed by atoms with Crippen LogP contribution in [0, 0.1) is 0 Å². The molecule has 0 bridgehead atoms. The molecule has 0 amide bonds. The smallest absolute Gasteiger partial charge is 0.0346 e. The third-order valence-electron chi connectivity index (χ3n) is 4.48. The number of hydrogen-bond donors (Lipinski definition) is 1. The zero-order valence-corrected chi connectivity index (χ0v) is 11.1. The third-order valence-corrected chi connectivity index (χ3v) is 4.48. The average Bonchev–Trinajstić information content (AvgIpc) is 2.81. The van der Waals surface area contributed by atoms with Crippen molar-refractivity contribution >= 4 is 10.8 Å². The largest absolute Gasteiger partial charge is 0.317 e. The summed E-state index contributed by atoms with van der Waals surface area (Å²) in [5.74, 6) is 0. The quantitative estimate of drug-likeness (QED) is 0.871. The van der Waals surface area contributed by atoms with Crippen LogP contribution < -0.4 is 5.32 Å². The van der Waals surface area contributed by atoms with Gasteiger partial charge in [0.25, 0.3) is 0 Å². The van der Waals surface area contributed by atoms with Crippen LogP contribution >= 0.6 is 0 Å². The Hall–Kier alpha value is -1.41. The van der Waals surface area contributed by atoms with Gasteiger partial charge in [-0.3, -0.25) is 4.98 Å². The molecule has 0 aliphatic heterocycles. The lowest BCUT2D eigenvalue weighted by Crippen LogP contribution is -2.25. The van der Waals surface area contributed by atoms with E-state index in [4.69, 9.17) is 0 Å². The van der Waals surface area contributed by atoms with E-state index < -0.39 is 0 Å². The van der Waals surface area contributed by atoms with Crippen molar-refractivity contribution in [2.24, 2.45) is 0 Å². The van der Waals surface area contributed by atoms with Gasteiger partial charge in [-0.15, -0.1) is 0 Å². The maximum Gasteiger partial charge on any atom is 0.0346 e. The highest BCUT2D eigenvalue weighted by molar-refractivity contribution is 5.85. The van der Waals surface area contributed by atoms with E-state index in [2.05, 4.69) is 48.5 Å². The SMILES string of the molecule is CNC1CCC(C)(c2cccc3cnccc23)C1. The first kappa shape index (κ1) is 11.7. The zero-order valence-electron chi connectivity index (χ0n) is 11.1. The highest BCUT2D eigenvalue weighted by Crippen LogP contribution is 2.43. The van der Waals surface area contributed by atoms with Crippen molar-refractivity contribution in [2.75, 3.05) is 7.05 Å². The van der Waals surface area contributed by atoms with Crippen molar-refractivity contribution in [2.45, 2.75) is 37.6 Å². The van der Waals surface area contributed by atoms with Crippen molar-refractivity contribution in [3.63, 3.8) is 0 Å². The van der Waals surface area contributed by atoms with Crippen LogP contribution in [0.25, 0.3) is 10.8 Å². The fourth-order valence-electron chi connectivity index (χ4n) is 3.38. The Morgan fingerprint density at radius 1 is 1.33 bits per heavy atom. The van der Waals surface area contributed by atoms with Crippen molar-refractivity contribution in [3.8, 4) is 0 Å². The fraction of sp³-hybridized carbons (Fsp3) is 0.438. The molecule has 2 aromatic rings. The summed E-state index contributed by atoms with van der Waals surface area (Å²) in [6.07, 6.45) is 7.63. The number of fused-ring (bicyclic) bond motifs is 1. The monoisotopic (exact) mass is 240 g/mol. The normalized spacial score (nSPS) is 27.8. The molecule has 1 aromatic heterocycles. The molecule has 1 heterocycles. The van der Waals surface area contributed by atoms with Crippen LogP contribution in [0.2, 0.25) is 0 Å². The van der Waals surface area contributed by atoms with Gasteiger partial charge in [-0.25, -0.2) is 0 Å². The summed E-state index contributed by atoms with van der Waals surface area (Å²) in [6.45, 7) is 2.40. The fourth-order valence-corrected chi connectivity index (χ4v) is 3.38. The van der Waals surface area contributed by atoms with Gasteiger partial charge >= 0.3 is 0 Å². The number of rotatable bonds is 2. The number of hydrogen-bond acceptors (Lipinski definition) is 2. The minimum Gasteiger partial charge on any atom is -0.317 e. The lowest BCUT2D eigenvalue weighted by molar-refractivity contribution is 0.470. The van der Waals surface area contributed by atoms with Crippen LogP contribution in [-0.2, 0) is 5.41 Å². The lowest BCUT2D eigenvalue weighted by Gasteiger charge is -2.26. The molecule has 1 fully saturated rings. The summed E-state index contributed by atoms with van der Waals surface area (Å²) in [5, 5.41) is 6.05. The first-order chi connectivity index (χ1) is 8.73. The van der Waals surface area contributed by atoms with E-state index in [1.54, 1.807) is 0 Å². The average molecular weight is 240 g/mol. The highest BCUT2D eigenvalue weighted by atomic mass is 14.9. The Labute approximate surface area is 108 Å². The molecule has 18 heavy (non-hydrogen) atoms. The molecule has 1 aromatic carbocycles. The van der Waals surface area contributed by atoms with E-state index in [1.165, 1.54) is 35.6 Å².